The van der Waals surface area contributed by atoms with Crippen LogP contribution in [-0.2, 0) is 78.3 Å². The predicted octanol–water partition coefficient (Wildman–Crippen LogP) is -13.2. The number of aliphatic hydroxyl groups is 3. The Morgan fingerprint density at radius 1 is 0.761 bits per heavy atom. The number of guanidine groups is 1. The molecule has 39 nitrogen and oxygen atoms in total. The molecule has 0 bridgehead atoms. The number of carbonyl (C=O) groups excluding carboxylic acids is 14. The lowest BCUT2D eigenvalue weighted by atomic mass is 10.1. The van der Waals surface area contributed by atoms with E-state index in [-0.39, 0.29) is 50.4 Å². The van der Waals surface area contributed by atoms with Crippen LogP contribution in [0.4, 0.5) is 0 Å². The van der Waals surface area contributed by atoms with Gasteiger partial charge in [-0.1, -0.05) is 0 Å². The van der Waals surface area contributed by atoms with E-state index in [9.17, 15) is 92.3 Å². The molecule has 0 radical (unpaired) electrons. The average molecular weight is 1290 g/mol. The molecule has 0 saturated carbocycles. The van der Waals surface area contributed by atoms with Gasteiger partial charge in [0.15, 0.2) is 16.2 Å². The van der Waals surface area contributed by atoms with Crippen LogP contribution in [0.1, 0.15) is 44.7 Å². The van der Waals surface area contributed by atoms with Crippen molar-refractivity contribution in [1.82, 2.24) is 78.7 Å². The number of amides is 14. The van der Waals surface area contributed by atoms with Gasteiger partial charge in [0, 0.05) is 42.9 Å². The molecule has 1 aromatic rings. The zero-order valence-corrected chi connectivity index (χ0v) is 48.8. The number of carbonyl (C=O) groups is 15. The van der Waals surface area contributed by atoms with E-state index in [1.54, 1.807) is 0 Å². The van der Waals surface area contributed by atoms with Gasteiger partial charge >= 0.3 is 5.97 Å². The first-order valence-corrected chi connectivity index (χ1v) is 28.9. The van der Waals surface area contributed by atoms with Crippen LogP contribution in [0.3, 0.4) is 0 Å². The van der Waals surface area contributed by atoms with Crippen molar-refractivity contribution in [2.45, 2.75) is 110 Å². The summed E-state index contributed by atoms with van der Waals surface area (Å²) < 4.78 is 0. The standard InChI is InChI=1S/C47H72N20O19S2/c1-20(58-35(76)22(48)9-30(49)71)34(75)60-25(14-68)39(80)63-28-17-88-47(18-70,66-41(82)29-5-3-7-67(29)33(74)13-56-37(28)78)45(86)64-24(8-21-10-52-19-57-21)38(79)61-26(15-69)40(81)62-27-16-87-43(65-32(73)12-54-31(72)11-55-36(27)77)42(83)59-23(44(84)85)4-2-6-53-46(50)51/h10,19-20,22-29,43,68-70H,2-9,11-18,48H2,1H3,(H2,49,71)(H,52,57)(H,54,72)(H,55,77)(H,56,78)(H,58,76)(H,59,83)(H,60,75)(H,61,79)(H,62,81)(H,63,80)(H,64,86)(H,65,73)(H,66,82)(H,84,85)(H4,50,51,53)/t20-,22-,23-,24-,25-,26-,27?,28-,29-,43?,47?/m0/s1. The van der Waals surface area contributed by atoms with E-state index in [0.29, 0.717) is 23.5 Å². The average Bonchev–Trinajstić information content (AvgIpc) is 4.19. The van der Waals surface area contributed by atoms with Crippen molar-refractivity contribution >= 4 is 118 Å². The number of hydrogen-bond acceptors (Lipinski definition) is 23. The number of rotatable bonds is 26. The number of H-pyrrole nitrogens is 1. The van der Waals surface area contributed by atoms with Crippen LogP contribution < -0.4 is 86.7 Å². The van der Waals surface area contributed by atoms with E-state index in [4.69, 9.17) is 22.9 Å². The van der Waals surface area contributed by atoms with Crippen LogP contribution in [0.15, 0.2) is 17.5 Å². The number of carboxylic acid groups (broad SMARTS) is 1. The fourth-order valence-corrected chi connectivity index (χ4v) is 10.5. The van der Waals surface area contributed by atoms with Crippen molar-refractivity contribution in [3.05, 3.63) is 18.2 Å². The Morgan fingerprint density at radius 2 is 1.39 bits per heavy atom. The molecule has 0 aromatic carbocycles. The molecule has 14 amide bonds. The molecule has 11 atom stereocenters. The number of hydrogen-bond donors (Lipinski definition) is 21. The third-order valence-electron chi connectivity index (χ3n) is 13.1. The first-order chi connectivity index (χ1) is 41.6. The SMILES string of the molecule is C[C@H](NC(=O)[C@@H](N)CC(N)=O)C(=O)N[C@@H](CO)C(=O)N[C@H]1CSC(CO)(C(=O)N[C@@H](Cc2cnc[nH]2)C(=O)N[C@@H](CO)C(=O)NC2CSC(C(=O)N[C@@H](CCCN=C(N)N)C(=O)O)NC(=O)CNC(=O)CNC2=O)NC(=O)[C@@H]2CCCN2C(=O)CNC1=O. The lowest BCUT2D eigenvalue weighted by molar-refractivity contribution is -0.142. The van der Waals surface area contributed by atoms with E-state index in [0.717, 1.165) is 4.90 Å². The first-order valence-electron chi connectivity index (χ1n) is 26.9. The van der Waals surface area contributed by atoms with E-state index in [2.05, 4.69) is 78.8 Å². The van der Waals surface area contributed by atoms with E-state index >= 15 is 0 Å². The van der Waals surface area contributed by atoms with Crippen molar-refractivity contribution < 1.29 is 92.3 Å². The van der Waals surface area contributed by atoms with Gasteiger partial charge in [-0.3, -0.25) is 72.1 Å². The monoisotopic (exact) mass is 1280 g/mol. The highest BCUT2D eigenvalue weighted by molar-refractivity contribution is 8.01. The van der Waals surface area contributed by atoms with Gasteiger partial charge < -0.3 is 117 Å². The highest BCUT2D eigenvalue weighted by Crippen LogP contribution is 2.27. The van der Waals surface area contributed by atoms with Crippen LogP contribution in [0.2, 0.25) is 0 Å². The molecule has 3 fully saturated rings. The quantitative estimate of drug-likeness (QED) is 0.0233. The molecular formula is C47H72N20O19S2. The summed E-state index contributed by atoms with van der Waals surface area (Å²) >= 11 is 0.861. The summed E-state index contributed by atoms with van der Waals surface area (Å²) in [6.07, 6.45) is 1.53. The third-order valence-corrected chi connectivity index (χ3v) is 15.7. The second-order valence-electron chi connectivity index (χ2n) is 19.8. The third kappa shape index (κ3) is 21.8. The Balaban J connectivity index is 1.61. The van der Waals surface area contributed by atoms with Crippen molar-refractivity contribution in [1.29, 1.82) is 0 Å². The minimum Gasteiger partial charge on any atom is -0.480 e. The van der Waals surface area contributed by atoms with Gasteiger partial charge in [0.2, 0.25) is 70.9 Å². The number of primary amides is 1. The normalized spacial score (nSPS) is 22.3. The van der Waals surface area contributed by atoms with Gasteiger partial charge in [-0.2, -0.15) is 0 Å². The second-order valence-corrected chi connectivity index (χ2v) is 22.3. The van der Waals surface area contributed by atoms with Crippen molar-refractivity contribution in [3.63, 3.8) is 0 Å². The number of nitrogens with zero attached hydrogens (tertiary/aromatic N) is 3. The van der Waals surface area contributed by atoms with Crippen LogP contribution in [0.5, 0.6) is 0 Å². The Hall–Kier alpha value is -8.93. The van der Waals surface area contributed by atoms with Crippen molar-refractivity contribution in [2.75, 3.05) is 64.1 Å². The number of aromatic nitrogens is 2. The number of nitrogens with two attached hydrogens (primary N) is 4. The topological polar surface area (TPSA) is 630 Å². The number of aliphatic hydroxyl groups excluding tert-OH is 3. The predicted molar refractivity (Wildman–Crippen MR) is 304 cm³/mol. The molecule has 0 spiro atoms. The summed E-state index contributed by atoms with van der Waals surface area (Å²) in [7, 11) is 0. The van der Waals surface area contributed by atoms with Crippen LogP contribution >= 0.6 is 23.5 Å². The number of aliphatic carboxylic acids is 1. The Kier molecular flexibility index (Phi) is 28.0. The minimum absolute atomic E-state index is 0.00272. The molecule has 1 aromatic heterocycles. The summed E-state index contributed by atoms with van der Waals surface area (Å²) in [6, 6.07) is -15.0. The minimum atomic E-state index is -2.64. The lowest BCUT2D eigenvalue weighted by Gasteiger charge is -2.36. The largest absolute Gasteiger partial charge is 0.480 e. The molecule has 3 saturated heterocycles. The number of fused-ring (bicyclic) bond motifs is 1. The summed E-state index contributed by atoms with van der Waals surface area (Å²) in [4.78, 5) is 209. The van der Waals surface area contributed by atoms with Crippen LogP contribution in [0, 0.1) is 0 Å². The molecule has 88 heavy (non-hydrogen) atoms. The molecular weight excluding hydrogens is 1210 g/mol. The van der Waals surface area contributed by atoms with Crippen molar-refractivity contribution in [3.8, 4) is 0 Å². The maximum Gasteiger partial charge on any atom is 0.326 e. The summed E-state index contributed by atoms with van der Waals surface area (Å²) in [5, 5.41) is 67.4. The van der Waals surface area contributed by atoms with Gasteiger partial charge in [-0.05, 0) is 32.6 Å². The van der Waals surface area contributed by atoms with Gasteiger partial charge in [0.25, 0.3) is 11.8 Å². The molecule has 486 valence electrons. The zero-order valence-electron chi connectivity index (χ0n) is 47.1. The van der Waals surface area contributed by atoms with Crippen LogP contribution in [0.25, 0.3) is 0 Å². The molecule has 41 heteroatoms. The number of aliphatic imine (C=N–C) groups is 1. The molecule has 3 aliphatic rings. The van der Waals surface area contributed by atoms with E-state index in [1.165, 1.54) is 19.4 Å². The molecule has 3 aliphatic heterocycles. The fourth-order valence-electron chi connectivity index (χ4n) is 8.32. The Morgan fingerprint density at radius 3 is 1.98 bits per heavy atom. The molecule has 0 aliphatic carbocycles. The molecule has 4 heterocycles. The summed E-state index contributed by atoms with van der Waals surface area (Å²) in [5.74, 6) is -18.1. The maximum absolute atomic E-state index is 14.9. The number of thioether (sulfide) groups is 2. The van der Waals surface area contributed by atoms with Crippen LogP contribution in [-0.4, -0.2) is 259 Å². The number of nitrogens with one attached hydrogen (secondary N) is 13. The Bertz CT molecular complexity index is 2800. The van der Waals surface area contributed by atoms with E-state index < -0.39 is 217 Å². The second kappa shape index (κ2) is 34.4. The van der Waals surface area contributed by atoms with Gasteiger partial charge in [0.1, 0.15) is 48.3 Å². The first kappa shape index (κ1) is 71.6. The Labute approximate surface area is 507 Å². The van der Waals surface area contributed by atoms with Gasteiger partial charge in [-0.25, -0.2) is 9.78 Å². The van der Waals surface area contributed by atoms with E-state index in [1.807, 2.05) is 0 Å². The number of aromatic amines is 1. The van der Waals surface area contributed by atoms with Gasteiger partial charge in [-0.15, -0.1) is 23.5 Å². The molecule has 4 rings (SSSR count). The van der Waals surface area contributed by atoms with Gasteiger partial charge in [0.05, 0.1) is 58.2 Å². The number of imidazole rings is 1. The highest BCUT2D eigenvalue weighted by atomic mass is 32.2. The summed E-state index contributed by atoms with van der Waals surface area (Å²) in [5.41, 5.74) is 21.5. The smallest absolute Gasteiger partial charge is 0.326 e. The van der Waals surface area contributed by atoms with Crippen molar-refractivity contribution in [2.24, 2.45) is 27.9 Å². The number of carboxylic acids is 1. The molecule has 3 unspecified atom stereocenters. The molecule has 25 N–H and O–H groups in total. The fraction of sp³-hybridized carbons (Fsp3) is 0.596. The zero-order chi connectivity index (χ0) is 65.4. The highest BCUT2D eigenvalue weighted by Gasteiger charge is 2.47. The lowest BCUT2D eigenvalue weighted by Crippen LogP contribution is -2.66. The maximum atomic E-state index is 14.9. The summed E-state index contributed by atoms with van der Waals surface area (Å²) in [6.45, 7) is -4.63.